The van der Waals surface area contributed by atoms with Crippen molar-refractivity contribution in [2.45, 2.75) is 44.7 Å². The molecule has 3 atom stereocenters. The highest BCUT2D eigenvalue weighted by Gasteiger charge is 2.26. The number of amides is 1. The molecule has 1 aliphatic carbocycles. The van der Waals surface area contributed by atoms with Crippen LogP contribution < -0.4 is 11.1 Å². The van der Waals surface area contributed by atoms with Crippen LogP contribution in [-0.4, -0.2) is 11.9 Å². The van der Waals surface area contributed by atoms with Crippen molar-refractivity contribution in [1.82, 2.24) is 5.32 Å². The summed E-state index contributed by atoms with van der Waals surface area (Å²) in [4.78, 5) is 12.1. The van der Waals surface area contributed by atoms with Crippen LogP contribution in [0.2, 0.25) is 10.0 Å². The Bertz CT molecular complexity index is 496. The molecule has 118 valence electrons. The zero-order chi connectivity index (χ0) is 14.7. The van der Waals surface area contributed by atoms with Crippen LogP contribution >= 0.6 is 35.6 Å². The summed E-state index contributed by atoms with van der Waals surface area (Å²) in [5, 5.41) is 4.02. The lowest BCUT2D eigenvalue weighted by molar-refractivity contribution is -0.122. The molecule has 2 rings (SSSR count). The molecule has 1 aromatic rings. The van der Waals surface area contributed by atoms with Crippen molar-refractivity contribution in [2.75, 3.05) is 0 Å². The highest BCUT2D eigenvalue weighted by Crippen LogP contribution is 2.28. The summed E-state index contributed by atoms with van der Waals surface area (Å²) < 4.78 is 0. The molecule has 6 heteroatoms. The maximum absolute atomic E-state index is 12.1. The fourth-order valence-electron chi connectivity index (χ4n) is 2.72. The van der Waals surface area contributed by atoms with Gasteiger partial charge in [-0.15, -0.1) is 12.4 Å². The molecule has 0 aromatic heterocycles. The van der Waals surface area contributed by atoms with Crippen molar-refractivity contribution >= 4 is 41.5 Å². The minimum Gasteiger partial charge on any atom is -0.350 e. The fourth-order valence-corrected chi connectivity index (χ4v) is 3.03. The van der Waals surface area contributed by atoms with Crippen molar-refractivity contribution in [3.63, 3.8) is 0 Å². The molecule has 1 fully saturated rings. The van der Waals surface area contributed by atoms with Crippen LogP contribution in [-0.2, 0) is 4.79 Å². The number of hydrogen-bond acceptors (Lipinski definition) is 2. The Balaban J connectivity index is 0.00000220. The molecule has 1 aliphatic rings. The lowest BCUT2D eigenvalue weighted by Crippen LogP contribution is -2.32. The molecule has 0 radical (unpaired) electrons. The van der Waals surface area contributed by atoms with Crippen molar-refractivity contribution in [3.05, 3.63) is 33.8 Å². The second kappa shape index (κ2) is 8.23. The van der Waals surface area contributed by atoms with Crippen LogP contribution in [0.1, 0.15) is 44.2 Å². The molecule has 1 aromatic carbocycles. The van der Waals surface area contributed by atoms with Crippen LogP contribution in [0.4, 0.5) is 0 Å². The Hall–Kier alpha value is -0.480. The molecule has 0 heterocycles. The van der Waals surface area contributed by atoms with Gasteiger partial charge in [0.1, 0.15) is 0 Å². The zero-order valence-electron chi connectivity index (χ0n) is 11.9. The maximum atomic E-state index is 12.1. The first kappa shape index (κ1) is 18.6. The molecule has 3 nitrogen and oxygen atoms in total. The summed E-state index contributed by atoms with van der Waals surface area (Å²) in [5.74, 6) is 0.363. The SMILES string of the molecule is CC(NC(=O)C[C@@H]1CCC[C@H]1N)c1ccc(Cl)c(Cl)c1.Cl. The van der Waals surface area contributed by atoms with Gasteiger partial charge < -0.3 is 11.1 Å². The largest absolute Gasteiger partial charge is 0.350 e. The number of benzene rings is 1. The molecule has 1 saturated carbocycles. The summed E-state index contributed by atoms with van der Waals surface area (Å²) in [6.45, 7) is 1.94. The average Bonchev–Trinajstić information content (AvgIpc) is 2.78. The van der Waals surface area contributed by atoms with Gasteiger partial charge in [0.25, 0.3) is 0 Å². The number of carbonyl (C=O) groups excluding carboxylic acids is 1. The van der Waals surface area contributed by atoms with Gasteiger partial charge in [0.2, 0.25) is 5.91 Å². The topological polar surface area (TPSA) is 55.1 Å². The number of halogens is 3. The fraction of sp³-hybridized carbons (Fsp3) is 0.533. The number of rotatable bonds is 4. The molecule has 0 spiro atoms. The molecule has 0 saturated heterocycles. The third kappa shape index (κ3) is 5.03. The standard InChI is InChI=1S/C15H20Cl2N2O.ClH/c1-9(10-5-6-12(16)13(17)7-10)19-15(20)8-11-3-2-4-14(11)18;/h5-7,9,11,14H,2-4,8,18H2,1H3,(H,19,20);1H/t9?,11-,14+;/m0./s1. The third-order valence-electron chi connectivity index (χ3n) is 3.99. The Kier molecular flexibility index (Phi) is 7.28. The van der Waals surface area contributed by atoms with Crippen molar-refractivity contribution in [2.24, 2.45) is 11.7 Å². The lowest BCUT2D eigenvalue weighted by Gasteiger charge is -2.18. The normalized spacial score (nSPS) is 22.5. The Morgan fingerprint density at radius 3 is 2.67 bits per heavy atom. The van der Waals surface area contributed by atoms with Gasteiger partial charge in [-0.05, 0) is 43.4 Å². The van der Waals surface area contributed by atoms with Gasteiger partial charge in [0.05, 0.1) is 16.1 Å². The predicted molar refractivity (Wildman–Crippen MR) is 90.2 cm³/mol. The summed E-state index contributed by atoms with van der Waals surface area (Å²) >= 11 is 11.9. The minimum atomic E-state index is -0.0881. The van der Waals surface area contributed by atoms with Crippen molar-refractivity contribution in [1.29, 1.82) is 0 Å². The van der Waals surface area contributed by atoms with E-state index in [1.165, 1.54) is 0 Å². The molecule has 21 heavy (non-hydrogen) atoms. The van der Waals surface area contributed by atoms with Crippen LogP contribution in [0.15, 0.2) is 18.2 Å². The van der Waals surface area contributed by atoms with Gasteiger partial charge in [0, 0.05) is 12.5 Å². The van der Waals surface area contributed by atoms with E-state index in [2.05, 4.69) is 5.32 Å². The van der Waals surface area contributed by atoms with E-state index >= 15 is 0 Å². The zero-order valence-corrected chi connectivity index (χ0v) is 14.3. The van der Waals surface area contributed by atoms with E-state index < -0.39 is 0 Å². The molecular weight excluding hydrogens is 331 g/mol. The first-order chi connectivity index (χ1) is 9.47. The van der Waals surface area contributed by atoms with Crippen molar-refractivity contribution in [3.8, 4) is 0 Å². The van der Waals surface area contributed by atoms with E-state index in [4.69, 9.17) is 28.9 Å². The Morgan fingerprint density at radius 2 is 2.10 bits per heavy atom. The first-order valence-corrected chi connectivity index (χ1v) is 7.73. The van der Waals surface area contributed by atoms with E-state index in [1.54, 1.807) is 12.1 Å². The molecule has 3 N–H and O–H groups in total. The van der Waals surface area contributed by atoms with Crippen LogP contribution in [0, 0.1) is 5.92 Å². The minimum absolute atomic E-state index is 0. The van der Waals surface area contributed by atoms with Gasteiger partial charge in [-0.2, -0.15) is 0 Å². The van der Waals surface area contributed by atoms with E-state index in [1.807, 2.05) is 13.0 Å². The number of nitrogens with one attached hydrogen (secondary N) is 1. The summed E-state index contributed by atoms with van der Waals surface area (Å²) in [5.41, 5.74) is 6.94. The van der Waals surface area contributed by atoms with Crippen molar-refractivity contribution < 1.29 is 4.79 Å². The van der Waals surface area contributed by atoms with Gasteiger partial charge in [0.15, 0.2) is 0 Å². The Morgan fingerprint density at radius 1 is 1.38 bits per heavy atom. The predicted octanol–water partition coefficient (Wildman–Crippen LogP) is 4.11. The quantitative estimate of drug-likeness (QED) is 0.857. The number of hydrogen-bond donors (Lipinski definition) is 2. The van der Waals surface area contributed by atoms with Gasteiger partial charge in [-0.25, -0.2) is 0 Å². The molecule has 1 unspecified atom stereocenters. The third-order valence-corrected chi connectivity index (χ3v) is 4.73. The highest BCUT2D eigenvalue weighted by atomic mass is 35.5. The molecule has 1 amide bonds. The summed E-state index contributed by atoms with van der Waals surface area (Å²) in [6.07, 6.45) is 3.71. The average molecular weight is 352 g/mol. The number of carbonyl (C=O) groups is 1. The van der Waals surface area contributed by atoms with E-state index in [0.29, 0.717) is 22.4 Å². The summed E-state index contributed by atoms with van der Waals surface area (Å²) in [7, 11) is 0. The maximum Gasteiger partial charge on any atom is 0.220 e. The van der Waals surface area contributed by atoms with E-state index in [0.717, 1.165) is 24.8 Å². The highest BCUT2D eigenvalue weighted by molar-refractivity contribution is 6.42. The summed E-state index contributed by atoms with van der Waals surface area (Å²) in [6, 6.07) is 5.49. The van der Waals surface area contributed by atoms with Gasteiger partial charge in [-0.1, -0.05) is 35.7 Å². The second-order valence-corrected chi connectivity index (χ2v) is 6.34. The van der Waals surface area contributed by atoms with Crippen LogP contribution in [0.25, 0.3) is 0 Å². The first-order valence-electron chi connectivity index (χ1n) is 6.97. The van der Waals surface area contributed by atoms with E-state index in [9.17, 15) is 4.79 Å². The number of nitrogens with two attached hydrogens (primary N) is 1. The van der Waals surface area contributed by atoms with E-state index in [-0.39, 0.29) is 30.4 Å². The molecule has 0 bridgehead atoms. The van der Waals surface area contributed by atoms with Gasteiger partial charge >= 0.3 is 0 Å². The monoisotopic (exact) mass is 350 g/mol. The smallest absolute Gasteiger partial charge is 0.220 e. The lowest BCUT2D eigenvalue weighted by atomic mass is 9.99. The van der Waals surface area contributed by atoms with Crippen LogP contribution in [0.5, 0.6) is 0 Å². The van der Waals surface area contributed by atoms with Gasteiger partial charge in [-0.3, -0.25) is 4.79 Å². The van der Waals surface area contributed by atoms with Crippen LogP contribution in [0.3, 0.4) is 0 Å². The second-order valence-electron chi connectivity index (χ2n) is 5.52. The Labute approximate surface area is 142 Å². The molecule has 0 aliphatic heterocycles. The molecular formula is C15H21Cl3N2O.